The number of alkyl halides is 3. The van der Waals surface area contributed by atoms with Crippen molar-refractivity contribution < 1.29 is 22.7 Å². The molecular formula is C24H24BrF3N4O2. The Labute approximate surface area is 203 Å². The minimum absolute atomic E-state index is 0.140. The van der Waals surface area contributed by atoms with Gasteiger partial charge in [-0.2, -0.15) is 0 Å². The smallest absolute Gasteiger partial charge is 0.405 e. The molecule has 0 saturated carbocycles. The van der Waals surface area contributed by atoms with Gasteiger partial charge in [-0.1, -0.05) is 12.1 Å². The van der Waals surface area contributed by atoms with Gasteiger partial charge in [0.2, 0.25) is 0 Å². The van der Waals surface area contributed by atoms with E-state index in [1.165, 1.54) is 23.1 Å². The Bertz CT molecular complexity index is 1270. The quantitative estimate of drug-likeness (QED) is 0.448. The minimum Gasteiger partial charge on any atom is -0.405 e. The Balaban J connectivity index is 1.56. The standard InChI is InChI=1S/C24H24BrF3N4O2/c1-30(2)23(33)16-4-5-18(21(12-16)34-24(26,27)28)15-7-10-32(11-8-15)14-17-13-19-20(25)6-9-29-22(19)31(17)3/h4-7,9,12-13H,8,10-11,14H2,1-3H3. The van der Waals surface area contributed by atoms with Crippen LogP contribution in [0.5, 0.6) is 5.75 Å². The van der Waals surface area contributed by atoms with E-state index in [9.17, 15) is 18.0 Å². The molecule has 0 unspecified atom stereocenters. The van der Waals surface area contributed by atoms with Crippen LogP contribution in [0.2, 0.25) is 0 Å². The zero-order valence-corrected chi connectivity index (χ0v) is 20.6. The maximum Gasteiger partial charge on any atom is 0.573 e. The van der Waals surface area contributed by atoms with Crippen LogP contribution in [0, 0.1) is 0 Å². The molecule has 0 spiro atoms. The summed E-state index contributed by atoms with van der Waals surface area (Å²) in [7, 11) is 5.06. The van der Waals surface area contributed by atoms with Crippen LogP contribution in [0.15, 0.2) is 47.1 Å². The van der Waals surface area contributed by atoms with Gasteiger partial charge >= 0.3 is 6.36 Å². The van der Waals surface area contributed by atoms with Crippen LogP contribution in [-0.4, -0.2) is 58.8 Å². The molecule has 0 aliphatic carbocycles. The highest BCUT2D eigenvalue weighted by Crippen LogP contribution is 2.35. The number of hydrogen-bond donors (Lipinski definition) is 0. The molecule has 34 heavy (non-hydrogen) atoms. The second-order valence-corrected chi connectivity index (χ2v) is 9.25. The van der Waals surface area contributed by atoms with Crippen LogP contribution in [0.3, 0.4) is 0 Å². The fourth-order valence-electron chi connectivity index (χ4n) is 4.11. The van der Waals surface area contributed by atoms with Crippen LogP contribution in [-0.2, 0) is 13.6 Å². The van der Waals surface area contributed by atoms with Crippen LogP contribution in [0.4, 0.5) is 13.2 Å². The van der Waals surface area contributed by atoms with Gasteiger partial charge in [-0.15, -0.1) is 13.2 Å². The van der Waals surface area contributed by atoms with Gasteiger partial charge in [-0.05, 0) is 52.2 Å². The number of carbonyl (C=O) groups excluding carboxylic acids is 1. The molecule has 4 rings (SSSR count). The minimum atomic E-state index is -4.85. The highest BCUT2D eigenvalue weighted by atomic mass is 79.9. The van der Waals surface area contributed by atoms with Gasteiger partial charge in [0.25, 0.3) is 5.91 Å². The average Bonchev–Trinajstić information content (AvgIpc) is 3.09. The number of aryl methyl sites for hydroxylation is 1. The highest BCUT2D eigenvalue weighted by Gasteiger charge is 2.33. The molecule has 6 nitrogen and oxygen atoms in total. The maximum absolute atomic E-state index is 13.1. The highest BCUT2D eigenvalue weighted by molar-refractivity contribution is 9.10. The van der Waals surface area contributed by atoms with E-state index in [1.807, 2.05) is 19.2 Å². The third kappa shape index (κ3) is 5.12. The second kappa shape index (κ2) is 9.42. The molecule has 1 aliphatic rings. The molecule has 3 aromatic rings. The summed E-state index contributed by atoms with van der Waals surface area (Å²) in [5.74, 6) is -0.747. The number of fused-ring (bicyclic) bond motifs is 1. The monoisotopic (exact) mass is 536 g/mol. The number of aromatic nitrogens is 2. The molecule has 0 fully saturated rings. The fourth-order valence-corrected chi connectivity index (χ4v) is 4.52. The zero-order chi connectivity index (χ0) is 24.6. The van der Waals surface area contributed by atoms with Crippen molar-refractivity contribution in [1.82, 2.24) is 19.4 Å². The van der Waals surface area contributed by atoms with Crippen LogP contribution < -0.4 is 4.74 Å². The molecule has 1 aromatic carbocycles. The fraction of sp³-hybridized carbons (Fsp3) is 0.333. The van der Waals surface area contributed by atoms with E-state index in [0.717, 1.165) is 26.8 Å². The molecule has 0 N–H and O–H groups in total. The van der Waals surface area contributed by atoms with Crippen LogP contribution in [0.1, 0.15) is 28.0 Å². The van der Waals surface area contributed by atoms with Gasteiger partial charge in [0.15, 0.2) is 0 Å². The SMILES string of the molecule is CN(C)C(=O)c1ccc(C2=CCN(Cc3cc4c(Br)ccnc4n3C)CC2)c(OC(F)(F)F)c1. The number of carbonyl (C=O) groups is 1. The number of nitrogens with zero attached hydrogens (tertiary/aromatic N) is 4. The largest absolute Gasteiger partial charge is 0.573 e. The summed E-state index contributed by atoms with van der Waals surface area (Å²) < 4.78 is 46.6. The Kier molecular flexibility index (Phi) is 6.73. The van der Waals surface area contributed by atoms with E-state index in [0.29, 0.717) is 31.6 Å². The van der Waals surface area contributed by atoms with Gasteiger partial charge in [0, 0.05) is 73.7 Å². The molecule has 0 radical (unpaired) electrons. The number of hydrogen-bond acceptors (Lipinski definition) is 4. The van der Waals surface area contributed by atoms with E-state index >= 15 is 0 Å². The molecule has 0 bridgehead atoms. The molecular weight excluding hydrogens is 513 g/mol. The lowest BCUT2D eigenvalue weighted by Crippen LogP contribution is -2.29. The van der Waals surface area contributed by atoms with Gasteiger partial charge in [0.05, 0.1) is 0 Å². The van der Waals surface area contributed by atoms with Crippen LogP contribution in [0.25, 0.3) is 16.6 Å². The predicted octanol–water partition coefficient (Wildman–Crippen LogP) is 5.23. The van der Waals surface area contributed by atoms with Crippen molar-refractivity contribution in [3.8, 4) is 5.75 Å². The molecule has 0 saturated heterocycles. The third-order valence-corrected chi connectivity index (χ3v) is 6.55. The van der Waals surface area contributed by atoms with Crippen LogP contribution >= 0.6 is 15.9 Å². The first-order valence-electron chi connectivity index (χ1n) is 10.7. The molecule has 1 amide bonds. The first kappa shape index (κ1) is 24.3. The lowest BCUT2D eigenvalue weighted by Gasteiger charge is -2.27. The number of ether oxygens (including phenoxy) is 1. The molecule has 3 heterocycles. The summed E-state index contributed by atoms with van der Waals surface area (Å²) in [5, 5.41) is 1.04. The van der Waals surface area contributed by atoms with Crippen molar-refractivity contribution >= 4 is 38.4 Å². The Morgan fingerprint density at radius 1 is 1.24 bits per heavy atom. The van der Waals surface area contributed by atoms with Crippen molar-refractivity contribution in [3.05, 3.63) is 63.9 Å². The van der Waals surface area contributed by atoms with Crippen molar-refractivity contribution in [2.45, 2.75) is 19.3 Å². The first-order valence-corrected chi connectivity index (χ1v) is 11.4. The van der Waals surface area contributed by atoms with Gasteiger partial charge in [-0.25, -0.2) is 4.98 Å². The molecule has 10 heteroatoms. The van der Waals surface area contributed by atoms with Gasteiger partial charge in [-0.3, -0.25) is 9.69 Å². The second-order valence-electron chi connectivity index (χ2n) is 8.40. The summed E-state index contributed by atoms with van der Waals surface area (Å²) >= 11 is 3.56. The van der Waals surface area contributed by atoms with E-state index in [4.69, 9.17) is 0 Å². The van der Waals surface area contributed by atoms with E-state index in [-0.39, 0.29) is 11.3 Å². The first-order chi connectivity index (χ1) is 16.0. The number of pyridine rings is 1. The topological polar surface area (TPSA) is 50.6 Å². The summed E-state index contributed by atoms with van der Waals surface area (Å²) in [6.07, 6.45) is -0.621. The maximum atomic E-state index is 13.1. The summed E-state index contributed by atoms with van der Waals surface area (Å²) in [4.78, 5) is 20.2. The normalized spacial score (nSPS) is 14.9. The van der Waals surface area contributed by atoms with E-state index in [2.05, 4.69) is 41.2 Å². The van der Waals surface area contributed by atoms with Gasteiger partial charge in [0.1, 0.15) is 11.4 Å². The van der Waals surface area contributed by atoms with Crippen molar-refractivity contribution in [3.63, 3.8) is 0 Å². The Morgan fingerprint density at radius 2 is 2.00 bits per heavy atom. The third-order valence-electron chi connectivity index (χ3n) is 5.86. The van der Waals surface area contributed by atoms with Gasteiger partial charge < -0.3 is 14.2 Å². The summed E-state index contributed by atoms with van der Waals surface area (Å²) in [5.41, 5.74) is 3.24. The van der Waals surface area contributed by atoms with E-state index in [1.54, 1.807) is 20.3 Å². The molecule has 1 aliphatic heterocycles. The number of halogens is 4. The lowest BCUT2D eigenvalue weighted by molar-refractivity contribution is -0.274. The predicted molar refractivity (Wildman–Crippen MR) is 127 cm³/mol. The van der Waals surface area contributed by atoms with Crippen molar-refractivity contribution in [1.29, 1.82) is 0 Å². The Hall–Kier alpha value is -2.85. The number of amides is 1. The zero-order valence-electron chi connectivity index (χ0n) is 19.0. The number of rotatable bonds is 5. The van der Waals surface area contributed by atoms with Crippen molar-refractivity contribution in [2.24, 2.45) is 7.05 Å². The Morgan fingerprint density at radius 3 is 2.62 bits per heavy atom. The van der Waals surface area contributed by atoms with Crippen molar-refractivity contribution in [2.75, 3.05) is 27.2 Å². The average molecular weight is 537 g/mol. The molecule has 180 valence electrons. The van der Waals surface area contributed by atoms with E-state index < -0.39 is 12.3 Å². The molecule has 0 atom stereocenters. The summed E-state index contributed by atoms with van der Waals surface area (Å²) in [6, 6.07) is 8.24. The molecule has 2 aromatic heterocycles. The summed E-state index contributed by atoms with van der Waals surface area (Å²) in [6.45, 7) is 1.94. The lowest BCUT2D eigenvalue weighted by atomic mass is 9.97. The number of benzene rings is 1.